The van der Waals surface area contributed by atoms with Gasteiger partial charge in [0.1, 0.15) is 5.54 Å². The summed E-state index contributed by atoms with van der Waals surface area (Å²) in [7, 11) is 0. The molecule has 0 aromatic heterocycles. The first-order valence-electron chi connectivity index (χ1n) is 4.11. The Hall–Kier alpha value is -0.200. The zero-order valence-corrected chi connectivity index (χ0v) is 7.36. The van der Waals surface area contributed by atoms with E-state index in [0.717, 1.165) is 25.9 Å². The smallest absolute Gasteiger partial charge is 0.109 e. The lowest BCUT2D eigenvalue weighted by Gasteiger charge is -2.30. The van der Waals surface area contributed by atoms with Gasteiger partial charge in [0.15, 0.2) is 0 Å². The van der Waals surface area contributed by atoms with Gasteiger partial charge in [-0.05, 0) is 12.8 Å². The van der Waals surface area contributed by atoms with Crippen molar-refractivity contribution in [3.63, 3.8) is 0 Å². The fourth-order valence-electron chi connectivity index (χ4n) is 1.61. The SMILES string of the molecule is N#CC1(N2CCSCC2)CC1. The van der Waals surface area contributed by atoms with E-state index < -0.39 is 0 Å². The van der Waals surface area contributed by atoms with Gasteiger partial charge in [-0.3, -0.25) is 4.90 Å². The predicted molar refractivity (Wildman–Crippen MR) is 46.5 cm³/mol. The van der Waals surface area contributed by atoms with Crippen LogP contribution in [0.1, 0.15) is 12.8 Å². The van der Waals surface area contributed by atoms with Gasteiger partial charge in [-0.15, -0.1) is 0 Å². The lowest BCUT2D eigenvalue weighted by atomic mass is 10.2. The molecule has 11 heavy (non-hydrogen) atoms. The van der Waals surface area contributed by atoms with E-state index in [-0.39, 0.29) is 5.54 Å². The topological polar surface area (TPSA) is 27.0 Å². The average molecular weight is 168 g/mol. The fourth-order valence-corrected chi connectivity index (χ4v) is 2.51. The summed E-state index contributed by atoms with van der Waals surface area (Å²) in [4.78, 5) is 2.36. The average Bonchev–Trinajstić information content (AvgIpc) is 2.86. The van der Waals surface area contributed by atoms with Crippen molar-refractivity contribution < 1.29 is 0 Å². The van der Waals surface area contributed by atoms with Gasteiger partial charge in [0.2, 0.25) is 0 Å². The molecule has 0 radical (unpaired) electrons. The number of nitriles is 1. The molecule has 0 aromatic rings. The molecule has 1 aliphatic carbocycles. The molecule has 0 aromatic carbocycles. The molecule has 2 aliphatic rings. The number of hydrogen-bond acceptors (Lipinski definition) is 3. The van der Waals surface area contributed by atoms with Crippen LogP contribution >= 0.6 is 11.8 Å². The van der Waals surface area contributed by atoms with Crippen molar-refractivity contribution in [1.29, 1.82) is 5.26 Å². The van der Waals surface area contributed by atoms with Gasteiger partial charge in [0, 0.05) is 24.6 Å². The third kappa shape index (κ3) is 1.25. The van der Waals surface area contributed by atoms with Gasteiger partial charge in [-0.25, -0.2) is 0 Å². The predicted octanol–water partition coefficient (Wildman–Crippen LogP) is 1.09. The highest BCUT2D eigenvalue weighted by atomic mass is 32.2. The van der Waals surface area contributed by atoms with Crippen LogP contribution in [-0.2, 0) is 0 Å². The highest BCUT2D eigenvalue weighted by molar-refractivity contribution is 7.99. The summed E-state index contributed by atoms with van der Waals surface area (Å²) in [5.41, 5.74) is -0.0129. The Bertz CT molecular complexity index is 187. The second kappa shape index (κ2) is 2.69. The summed E-state index contributed by atoms with van der Waals surface area (Å²) in [6, 6.07) is 2.44. The van der Waals surface area contributed by atoms with E-state index in [4.69, 9.17) is 5.26 Å². The van der Waals surface area contributed by atoms with Crippen molar-refractivity contribution in [2.45, 2.75) is 18.4 Å². The number of hydrogen-bond donors (Lipinski definition) is 0. The van der Waals surface area contributed by atoms with Crippen molar-refractivity contribution in [1.82, 2.24) is 4.90 Å². The van der Waals surface area contributed by atoms with E-state index in [1.807, 2.05) is 11.8 Å². The summed E-state index contributed by atoms with van der Waals surface area (Å²) < 4.78 is 0. The normalized spacial score (nSPS) is 29.4. The minimum Gasteiger partial charge on any atom is -0.284 e. The fraction of sp³-hybridized carbons (Fsp3) is 0.875. The number of thioether (sulfide) groups is 1. The highest BCUT2D eigenvalue weighted by Gasteiger charge is 2.48. The lowest BCUT2D eigenvalue weighted by molar-refractivity contribution is 0.241. The maximum absolute atomic E-state index is 8.91. The van der Waals surface area contributed by atoms with Crippen LogP contribution in [-0.4, -0.2) is 35.0 Å². The van der Waals surface area contributed by atoms with Crippen molar-refractivity contribution in [2.75, 3.05) is 24.6 Å². The number of nitrogens with zero attached hydrogens (tertiary/aromatic N) is 2. The first-order chi connectivity index (χ1) is 5.37. The molecule has 1 saturated carbocycles. The van der Waals surface area contributed by atoms with Crippen molar-refractivity contribution in [3.8, 4) is 6.07 Å². The summed E-state index contributed by atoms with van der Waals surface area (Å²) in [5, 5.41) is 8.91. The standard InChI is InChI=1S/C8H12N2S/c9-7-8(1-2-8)10-3-5-11-6-4-10/h1-6H2. The molecule has 1 heterocycles. The van der Waals surface area contributed by atoms with Gasteiger partial charge >= 0.3 is 0 Å². The van der Waals surface area contributed by atoms with Gasteiger partial charge in [-0.2, -0.15) is 17.0 Å². The molecule has 2 nitrogen and oxygen atoms in total. The third-order valence-corrected chi connectivity index (χ3v) is 3.49. The number of rotatable bonds is 1. The van der Waals surface area contributed by atoms with Crippen LogP contribution in [0.2, 0.25) is 0 Å². The van der Waals surface area contributed by atoms with E-state index in [1.54, 1.807) is 0 Å². The molecule has 1 saturated heterocycles. The monoisotopic (exact) mass is 168 g/mol. The van der Waals surface area contributed by atoms with Crippen molar-refractivity contribution in [2.24, 2.45) is 0 Å². The first-order valence-corrected chi connectivity index (χ1v) is 5.27. The van der Waals surface area contributed by atoms with E-state index in [0.29, 0.717) is 0 Å². The maximum atomic E-state index is 8.91. The maximum Gasteiger partial charge on any atom is 0.109 e. The first kappa shape index (κ1) is 7.45. The van der Waals surface area contributed by atoms with E-state index in [1.165, 1.54) is 11.5 Å². The Balaban J connectivity index is 1.99. The molecule has 0 spiro atoms. The Morgan fingerprint density at radius 2 is 1.91 bits per heavy atom. The molecule has 2 rings (SSSR count). The van der Waals surface area contributed by atoms with Crippen molar-refractivity contribution in [3.05, 3.63) is 0 Å². The van der Waals surface area contributed by atoms with Crippen LogP contribution in [0, 0.1) is 11.3 Å². The zero-order valence-electron chi connectivity index (χ0n) is 6.55. The third-order valence-electron chi connectivity index (χ3n) is 2.55. The van der Waals surface area contributed by atoms with Gasteiger partial charge in [0.05, 0.1) is 6.07 Å². The quantitative estimate of drug-likeness (QED) is 0.586. The molecule has 0 unspecified atom stereocenters. The molecule has 60 valence electrons. The minimum atomic E-state index is -0.0129. The van der Waals surface area contributed by atoms with Gasteiger partial charge in [-0.1, -0.05) is 0 Å². The van der Waals surface area contributed by atoms with Gasteiger partial charge in [0.25, 0.3) is 0 Å². The second-order valence-corrected chi connectivity index (χ2v) is 4.47. The Morgan fingerprint density at radius 3 is 2.36 bits per heavy atom. The van der Waals surface area contributed by atoms with E-state index >= 15 is 0 Å². The van der Waals surface area contributed by atoms with Crippen LogP contribution < -0.4 is 0 Å². The summed E-state index contributed by atoms with van der Waals surface area (Å²) >= 11 is 2.00. The molecule has 0 amide bonds. The largest absolute Gasteiger partial charge is 0.284 e. The summed E-state index contributed by atoms with van der Waals surface area (Å²) in [6.45, 7) is 2.25. The van der Waals surface area contributed by atoms with Crippen LogP contribution in [0.4, 0.5) is 0 Å². The van der Waals surface area contributed by atoms with Crippen LogP contribution in [0.15, 0.2) is 0 Å². The molecule has 2 fully saturated rings. The molecule has 0 atom stereocenters. The van der Waals surface area contributed by atoms with Crippen LogP contribution in [0.25, 0.3) is 0 Å². The lowest BCUT2D eigenvalue weighted by Crippen LogP contribution is -2.42. The van der Waals surface area contributed by atoms with Crippen molar-refractivity contribution >= 4 is 11.8 Å². The van der Waals surface area contributed by atoms with Gasteiger partial charge < -0.3 is 0 Å². The van der Waals surface area contributed by atoms with E-state index in [9.17, 15) is 0 Å². The molecular weight excluding hydrogens is 156 g/mol. The molecular formula is C8H12N2S. The van der Waals surface area contributed by atoms with Crippen LogP contribution in [0.5, 0.6) is 0 Å². The Kier molecular flexibility index (Phi) is 1.82. The molecule has 1 aliphatic heterocycles. The molecule has 0 N–H and O–H groups in total. The Labute approximate surface area is 71.6 Å². The van der Waals surface area contributed by atoms with Crippen LogP contribution in [0.3, 0.4) is 0 Å². The minimum absolute atomic E-state index is 0.0129. The Morgan fingerprint density at radius 1 is 1.27 bits per heavy atom. The second-order valence-electron chi connectivity index (χ2n) is 3.24. The summed E-state index contributed by atoms with van der Waals surface area (Å²) in [5.74, 6) is 2.42. The zero-order chi connectivity index (χ0) is 7.73. The molecule has 0 bridgehead atoms. The van der Waals surface area contributed by atoms with E-state index in [2.05, 4.69) is 11.0 Å². The highest BCUT2D eigenvalue weighted by Crippen LogP contribution is 2.41. The molecule has 3 heteroatoms. The summed E-state index contributed by atoms with van der Waals surface area (Å²) in [6.07, 6.45) is 2.21.